The highest BCUT2D eigenvalue weighted by molar-refractivity contribution is 5.31. The summed E-state index contributed by atoms with van der Waals surface area (Å²) in [5, 5.41) is 10.8. The molecule has 1 N–H and O–H groups in total. The van der Waals surface area contributed by atoms with Gasteiger partial charge in [0.25, 0.3) is 0 Å². The predicted octanol–water partition coefficient (Wildman–Crippen LogP) is 1.88. The van der Waals surface area contributed by atoms with Crippen LogP contribution < -0.4 is 0 Å². The van der Waals surface area contributed by atoms with Gasteiger partial charge in [0.2, 0.25) is 0 Å². The molecule has 0 fully saturated rings. The van der Waals surface area contributed by atoms with E-state index in [1.54, 1.807) is 6.20 Å². The van der Waals surface area contributed by atoms with Crippen molar-refractivity contribution in [3.8, 4) is 0 Å². The molecule has 1 aliphatic carbocycles. The van der Waals surface area contributed by atoms with Gasteiger partial charge in [-0.05, 0) is 24.0 Å². The average Bonchev–Trinajstić information content (AvgIpc) is 2.74. The number of imidazole rings is 1. The number of aromatic nitrogens is 2. The Morgan fingerprint density at radius 3 is 2.83 bits per heavy atom. The molecule has 0 amide bonds. The second-order valence-electron chi connectivity index (χ2n) is 5.30. The molecule has 0 saturated carbocycles. The summed E-state index contributed by atoms with van der Waals surface area (Å²) in [6.45, 7) is 0. The Kier molecular flexibility index (Phi) is 2.71. The zero-order valence-electron chi connectivity index (χ0n) is 10.6. The molecular weight excluding hydrogens is 224 g/mol. The first-order valence-corrected chi connectivity index (χ1v) is 6.42. The number of aryl methyl sites for hydroxylation is 2. The lowest BCUT2D eigenvalue weighted by Gasteiger charge is -2.33. The van der Waals surface area contributed by atoms with E-state index >= 15 is 0 Å². The fourth-order valence-electron chi connectivity index (χ4n) is 2.80. The quantitative estimate of drug-likeness (QED) is 0.873. The number of nitrogens with zero attached hydrogens (tertiary/aromatic N) is 2. The van der Waals surface area contributed by atoms with Crippen LogP contribution in [-0.2, 0) is 26.3 Å². The molecule has 1 aromatic carbocycles. The largest absolute Gasteiger partial charge is 0.389 e. The Morgan fingerprint density at radius 2 is 2.11 bits per heavy atom. The van der Waals surface area contributed by atoms with Gasteiger partial charge in [-0.2, -0.15) is 0 Å². The number of benzene rings is 1. The molecule has 3 rings (SSSR count). The first-order chi connectivity index (χ1) is 8.66. The Bertz CT molecular complexity index is 561. The van der Waals surface area contributed by atoms with Gasteiger partial charge >= 0.3 is 0 Å². The van der Waals surface area contributed by atoms with Crippen molar-refractivity contribution in [3.63, 3.8) is 0 Å². The maximum absolute atomic E-state index is 10.8. The molecule has 3 nitrogen and oxygen atoms in total. The van der Waals surface area contributed by atoms with Gasteiger partial charge in [0.1, 0.15) is 5.82 Å². The molecule has 1 aromatic heterocycles. The van der Waals surface area contributed by atoms with E-state index in [1.807, 2.05) is 23.9 Å². The van der Waals surface area contributed by atoms with Crippen LogP contribution in [0.2, 0.25) is 0 Å². The van der Waals surface area contributed by atoms with Crippen LogP contribution >= 0.6 is 0 Å². The normalized spacial score (nSPS) is 22.8. The summed E-state index contributed by atoms with van der Waals surface area (Å²) < 4.78 is 1.98. The third-order valence-electron chi connectivity index (χ3n) is 3.91. The highest BCUT2D eigenvalue weighted by atomic mass is 16.3. The van der Waals surface area contributed by atoms with Crippen LogP contribution in [0.4, 0.5) is 0 Å². The van der Waals surface area contributed by atoms with E-state index in [2.05, 4.69) is 23.2 Å². The van der Waals surface area contributed by atoms with Gasteiger partial charge < -0.3 is 9.67 Å². The van der Waals surface area contributed by atoms with Crippen molar-refractivity contribution in [3.05, 3.63) is 53.6 Å². The topological polar surface area (TPSA) is 38.0 Å². The highest BCUT2D eigenvalue weighted by Gasteiger charge is 2.33. The fraction of sp³-hybridized carbons (Fsp3) is 0.400. The number of hydrogen-bond acceptors (Lipinski definition) is 2. The van der Waals surface area contributed by atoms with E-state index < -0.39 is 5.60 Å². The molecule has 0 radical (unpaired) electrons. The number of hydrogen-bond donors (Lipinski definition) is 1. The maximum Gasteiger partial charge on any atom is 0.111 e. The van der Waals surface area contributed by atoms with Crippen molar-refractivity contribution >= 4 is 0 Å². The highest BCUT2D eigenvalue weighted by Crippen LogP contribution is 2.30. The zero-order chi connectivity index (χ0) is 12.6. The fourth-order valence-corrected chi connectivity index (χ4v) is 2.80. The van der Waals surface area contributed by atoms with Crippen molar-refractivity contribution in [1.29, 1.82) is 0 Å². The standard InChI is InChI=1S/C15H18N2O/c1-17-9-8-16-14(17)11-15(18)7-6-12-4-2-3-5-13(12)10-15/h2-5,8-9,18H,6-7,10-11H2,1H3. The van der Waals surface area contributed by atoms with Crippen LogP contribution in [0.15, 0.2) is 36.7 Å². The van der Waals surface area contributed by atoms with E-state index in [1.165, 1.54) is 11.1 Å². The second-order valence-corrected chi connectivity index (χ2v) is 5.30. The monoisotopic (exact) mass is 242 g/mol. The van der Waals surface area contributed by atoms with Gasteiger partial charge in [0.05, 0.1) is 5.60 Å². The van der Waals surface area contributed by atoms with E-state index in [4.69, 9.17) is 0 Å². The van der Waals surface area contributed by atoms with Gasteiger partial charge in [-0.1, -0.05) is 24.3 Å². The lowest BCUT2D eigenvalue weighted by molar-refractivity contribution is 0.0243. The van der Waals surface area contributed by atoms with Crippen LogP contribution in [0.3, 0.4) is 0 Å². The summed E-state index contributed by atoms with van der Waals surface area (Å²) >= 11 is 0. The molecule has 0 bridgehead atoms. The average molecular weight is 242 g/mol. The molecule has 2 aromatic rings. The Balaban J connectivity index is 1.84. The van der Waals surface area contributed by atoms with Crippen LogP contribution in [0, 0.1) is 0 Å². The summed E-state index contributed by atoms with van der Waals surface area (Å²) in [5.41, 5.74) is 2.01. The predicted molar refractivity (Wildman–Crippen MR) is 70.3 cm³/mol. The van der Waals surface area contributed by atoms with Crippen molar-refractivity contribution in [2.75, 3.05) is 0 Å². The Morgan fingerprint density at radius 1 is 1.33 bits per heavy atom. The van der Waals surface area contributed by atoms with E-state index in [9.17, 15) is 5.11 Å². The van der Waals surface area contributed by atoms with Crippen LogP contribution in [-0.4, -0.2) is 20.3 Å². The van der Waals surface area contributed by atoms with E-state index in [0.717, 1.165) is 25.1 Å². The molecule has 0 saturated heterocycles. The third-order valence-corrected chi connectivity index (χ3v) is 3.91. The minimum Gasteiger partial charge on any atom is -0.389 e. The first-order valence-electron chi connectivity index (χ1n) is 6.42. The molecule has 18 heavy (non-hydrogen) atoms. The van der Waals surface area contributed by atoms with Crippen molar-refractivity contribution < 1.29 is 5.11 Å². The van der Waals surface area contributed by atoms with Crippen molar-refractivity contribution in [2.24, 2.45) is 7.05 Å². The van der Waals surface area contributed by atoms with Gasteiger partial charge in [-0.3, -0.25) is 0 Å². The molecule has 1 aliphatic rings. The second kappa shape index (κ2) is 4.25. The molecule has 1 unspecified atom stereocenters. The maximum atomic E-state index is 10.8. The van der Waals surface area contributed by atoms with Gasteiger partial charge in [0.15, 0.2) is 0 Å². The number of aliphatic hydroxyl groups is 1. The smallest absolute Gasteiger partial charge is 0.111 e. The van der Waals surface area contributed by atoms with Crippen LogP contribution in [0.25, 0.3) is 0 Å². The van der Waals surface area contributed by atoms with Crippen molar-refractivity contribution in [1.82, 2.24) is 9.55 Å². The van der Waals surface area contributed by atoms with Crippen molar-refractivity contribution in [2.45, 2.75) is 31.3 Å². The molecule has 3 heteroatoms. The summed E-state index contributed by atoms with van der Waals surface area (Å²) in [4.78, 5) is 4.31. The minimum atomic E-state index is -0.645. The SMILES string of the molecule is Cn1ccnc1CC1(O)CCc2ccccc2C1. The van der Waals surface area contributed by atoms with Crippen LogP contribution in [0.5, 0.6) is 0 Å². The number of rotatable bonds is 2. The Hall–Kier alpha value is -1.61. The first kappa shape index (κ1) is 11.5. The zero-order valence-corrected chi connectivity index (χ0v) is 10.6. The van der Waals surface area contributed by atoms with E-state index in [0.29, 0.717) is 6.42 Å². The van der Waals surface area contributed by atoms with Crippen LogP contribution in [0.1, 0.15) is 23.4 Å². The third kappa shape index (κ3) is 2.06. The van der Waals surface area contributed by atoms with Gasteiger partial charge in [0, 0.05) is 32.3 Å². The lowest BCUT2D eigenvalue weighted by Crippen LogP contribution is -2.38. The van der Waals surface area contributed by atoms with Gasteiger partial charge in [-0.25, -0.2) is 4.98 Å². The number of fused-ring (bicyclic) bond motifs is 1. The minimum absolute atomic E-state index is 0.630. The molecular formula is C15H18N2O. The summed E-state index contributed by atoms with van der Waals surface area (Å²) in [5.74, 6) is 0.955. The lowest BCUT2D eigenvalue weighted by atomic mass is 9.78. The van der Waals surface area contributed by atoms with Gasteiger partial charge in [-0.15, -0.1) is 0 Å². The molecule has 0 aliphatic heterocycles. The summed E-state index contributed by atoms with van der Waals surface area (Å²) in [6.07, 6.45) is 6.85. The molecule has 1 atom stereocenters. The molecule has 1 heterocycles. The van der Waals surface area contributed by atoms with E-state index in [-0.39, 0.29) is 0 Å². The summed E-state index contributed by atoms with van der Waals surface area (Å²) in [6, 6.07) is 8.40. The molecule has 94 valence electrons. The molecule has 0 spiro atoms. The Labute approximate surface area is 107 Å². The summed E-state index contributed by atoms with van der Waals surface area (Å²) in [7, 11) is 1.97.